The molecule has 0 amide bonds. The van der Waals surface area contributed by atoms with Gasteiger partial charge >= 0.3 is 0 Å². The van der Waals surface area contributed by atoms with Gasteiger partial charge in [0, 0.05) is 0 Å². The predicted molar refractivity (Wildman–Crippen MR) is 73.6 cm³/mol. The summed E-state index contributed by atoms with van der Waals surface area (Å²) in [7, 11) is -7.97. The van der Waals surface area contributed by atoms with E-state index in [1.165, 1.54) is 12.1 Å². The summed E-state index contributed by atoms with van der Waals surface area (Å²) in [4.78, 5) is 0.0594. The van der Waals surface area contributed by atoms with Crippen LogP contribution in [0, 0.1) is 0 Å². The zero-order valence-corrected chi connectivity index (χ0v) is 12.8. The van der Waals surface area contributed by atoms with Gasteiger partial charge in [-0.05, 0) is 23.1 Å². The van der Waals surface area contributed by atoms with E-state index in [0.717, 1.165) is 5.56 Å². The molecule has 0 aliphatic heterocycles. The minimum atomic E-state index is -4.28. The van der Waals surface area contributed by atoms with Crippen molar-refractivity contribution in [3.63, 3.8) is 0 Å². The van der Waals surface area contributed by atoms with Crippen molar-refractivity contribution in [2.45, 2.75) is 31.1 Å². The van der Waals surface area contributed by atoms with Crippen LogP contribution < -0.4 is 0 Å². The van der Waals surface area contributed by atoms with Crippen LogP contribution in [0.5, 0.6) is 0 Å². The van der Waals surface area contributed by atoms with Crippen LogP contribution in [0.3, 0.4) is 0 Å². The fourth-order valence-electron chi connectivity index (χ4n) is 1.50. The van der Waals surface area contributed by atoms with Gasteiger partial charge in [-0.3, -0.25) is 4.55 Å². The van der Waals surface area contributed by atoms with Crippen molar-refractivity contribution >= 4 is 20.0 Å². The highest BCUT2D eigenvalue weighted by Crippen LogP contribution is 2.23. The van der Waals surface area contributed by atoms with E-state index in [1.54, 1.807) is 12.1 Å². The SMILES string of the molecule is CC(C)(C)c1ccc(S(=O)(=O)CCS(=O)(=O)O)cc1. The van der Waals surface area contributed by atoms with E-state index in [0.29, 0.717) is 0 Å². The Morgan fingerprint density at radius 1 is 0.947 bits per heavy atom. The Morgan fingerprint density at radius 2 is 1.42 bits per heavy atom. The maximum absolute atomic E-state index is 11.9. The van der Waals surface area contributed by atoms with Gasteiger partial charge in [0.1, 0.15) is 0 Å². The van der Waals surface area contributed by atoms with E-state index in [1.807, 2.05) is 20.8 Å². The lowest BCUT2D eigenvalue weighted by Crippen LogP contribution is -2.17. The van der Waals surface area contributed by atoms with Crippen molar-refractivity contribution in [3.05, 3.63) is 29.8 Å². The van der Waals surface area contributed by atoms with Gasteiger partial charge in [0.15, 0.2) is 9.84 Å². The lowest BCUT2D eigenvalue weighted by Gasteiger charge is -2.19. The highest BCUT2D eigenvalue weighted by Gasteiger charge is 2.20. The molecule has 108 valence electrons. The largest absolute Gasteiger partial charge is 0.286 e. The molecule has 0 saturated heterocycles. The Kier molecular flexibility index (Phi) is 4.44. The van der Waals surface area contributed by atoms with Crippen molar-refractivity contribution in [1.29, 1.82) is 0 Å². The third-order valence-electron chi connectivity index (χ3n) is 2.69. The molecule has 0 fully saturated rings. The minimum absolute atomic E-state index is 0.0594. The van der Waals surface area contributed by atoms with Gasteiger partial charge in [-0.1, -0.05) is 32.9 Å². The topological polar surface area (TPSA) is 88.5 Å². The number of sulfone groups is 1. The smallest absolute Gasteiger partial charge is 0.265 e. The van der Waals surface area contributed by atoms with Crippen molar-refractivity contribution < 1.29 is 21.4 Å². The molecule has 1 aromatic rings. The van der Waals surface area contributed by atoms with Gasteiger partial charge in [0.05, 0.1) is 16.4 Å². The van der Waals surface area contributed by atoms with E-state index in [4.69, 9.17) is 4.55 Å². The van der Waals surface area contributed by atoms with Crippen LogP contribution in [0.1, 0.15) is 26.3 Å². The van der Waals surface area contributed by atoms with E-state index < -0.39 is 31.5 Å². The fraction of sp³-hybridized carbons (Fsp3) is 0.500. The fourth-order valence-corrected chi connectivity index (χ4v) is 4.00. The van der Waals surface area contributed by atoms with Gasteiger partial charge < -0.3 is 0 Å². The summed E-state index contributed by atoms with van der Waals surface area (Å²) < 4.78 is 53.5. The van der Waals surface area contributed by atoms with Crippen molar-refractivity contribution in [3.8, 4) is 0 Å². The molecular weight excluding hydrogens is 288 g/mol. The van der Waals surface area contributed by atoms with E-state index >= 15 is 0 Å². The van der Waals surface area contributed by atoms with Gasteiger partial charge in [-0.25, -0.2) is 8.42 Å². The zero-order chi connectivity index (χ0) is 14.9. The molecule has 0 aromatic heterocycles. The Labute approximate surface area is 114 Å². The molecule has 1 N–H and O–H groups in total. The number of rotatable bonds is 4. The molecule has 0 atom stereocenters. The summed E-state index contributed by atoms with van der Waals surface area (Å²) in [5, 5.41) is 0. The molecule has 0 heterocycles. The van der Waals surface area contributed by atoms with Crippen molar-refractivity contribution in [1.82, 2.24) is 0 Å². The summed E-state index contributed by atoms with van der Waals surface area (Å²) in [6, 6.07) is 6.33. The highest BCUT2D eigenvalue weighted by molar-refractivity contribution is 7.93. The van der Waals surface area contributed by atoms with Crippen LogP contribution in [0.15, 0.2) is 29.2 Å². The second-order valence-electron chi connectivity index (χ2n) is 5.38. The Balaban J connectivity index is 2.98. The first-order chi connectivity index (χ1) is 8.42. The molecule has 0 spiro atoms. The summed E-state index contributed by atoms with van der Waals surface area (Å²) in [6.07, 6.45) is 0. The lowest BCUT2D eigenvalue weighted by molar-refractivity contribution is 0.484. The quantitative estimate of drug-likeness (QED) is 0.854. The summed E-state index contributed by atoms with van der Waals surface area (Å²) in [6.45, 7) is 6.03. The molecule has 0 saturated carbocycles. The molecule has 0 aliphatic rings. The number of hydrogen-bond donors (Lipinski definition) is 1. The predicted octanol–water partition coefficient (Wildman–Crippen LogP) is 1.65. The average Bonchev–Trinajstić information content (AvgIpc) is 2.25. The van der Waals surface area contributed by atoms with E-state index in [9.17, 15) is 16.8 Å². The Hall–Kier alpha value is -0.920. The second-order valence-corrected chi connectivity index (χ2v) is 9.06. The molecule has 0 radical (unpaired) electrons. The third kappa shape index (κ3) is 4.93. The van der Waals surface area contributed by atoms with Gasteiger partial charge in [-0.2, -0.15) is 8.42 Å². The highest BCUT2D eigenvalue weighted by atomic mass is 32.2. The van der Waals surface area contributed by atoms with Crippen LogP contribution >= 0.6 is 0 Å². The lowest BCUT2D eigenvalue weighted by atomic mass is 9.87. The van der Waals surface area contributed by atoms with Crippen LogP contribution in [-0.2, 0) is 25.4 Å². The van der Waals surface area contributed by atoms with E-state index in [2.05, 4.69) is 0 Å². The Morgan fingerprint density at radius 3 is 1.79 bits per heavy atom. The van der Waals surface area contributed by atoms with Crippen LogP contribution in [0.4, 0.5) is 0 Å². The average molecular weight is 306 g/mol. The number of hydrogen-bond acceptors (Lipinski definition) is 4. The molecule has 19 heavy (non-hydrogen) atoms. The molecule has 1 aromatic carbocycles. The minimum Gasteiger partial charge on any atom is -0.286 e. The maximum atomic E-state index is 11.9. The monoisotopic (exact) mass is 306 g/mol. The second kappa shape index (κ2) is 5.22. The molecule has 7 heteroatoms. The molecule has 0 bridgehead atoms. The third-order valence-corrected chi connectivity index (χ3v) is 5.40. The first-order valence-corrected chi connectivity index (χ1v) is 8.96. The summed E-state index contributed by atoms with van der Waals surface area (Å²) in [5.41, 5.74) is 0.901. The molecule has 0 aliphatic carbocycles. The normalized spacial score (nSPS) is 13.5. The molecule has 5 nitrogen and oxygen atoms in total. The maximum Gasteiger partial charge on any atom is 0.265 e. The van der Waals surface area contributed by atoms with Crippen molar-refractivity contribution in [2.75, 3.05) is 11.5 Å². The van der Waals surface area contributed by atoms with Gasteiger partial charge in [-0.15, -0.1) is 0 Å². The van der Waals surface area contributed by atoms with Crippen LogP contribution in [0.25, 0.3) is 0 Å². The van der Waals surface area contributed by atoms with Gasteiger partial charge in [0.2, 0.25) is 0 Å². The zero-order valence-electron chi connectivity index (χ0n) is 11.1. The first-order valence-electron chi connectivity index (χ1n) is 5.70. The number of benzene rings is 1. The Bertz CT molecular complexity index is 634. The van der Waals surface area contributed by atoms with Crippen LogP contribution in [-0.4, -0.2) is 32.9 Å². The standard InChI is InChI=1S/C12H18O5S2/c1-12(2,3)10-4-6-11(7-5-10)18(13,14)8-9-19(15,16)17/h4-7H,8-9H2,1-3H3,(H,15,16,17). The van der Waals surface area contributed by atoms with Crippen molar-refractivity contribution in [2.24, 2.45) is 0 Å². The van der Waals surface area contributed by atoms with Gasteiger partial charge in [0.25, 0.3) is 10.1 Å². The first kappa shape index (κ1) is 16.1. The molecule has 1 rings (SSSR count). The summed E-state index contributed by atoms with van der Waals surface area (Å²) >= 11 is 0. The summed E-state index contributed by atoms with van der Waals surface area (Å²) in [5.74, 6) is -1.42. The molecule has 0 unspecified atom stereocenters. The van der Waals surface area contributed by atoms with Crippen LogP contribution in [0.2, 0.25) is 0 Å². The van der Waals surface area contributed by atoms with E-state index in [-0.39, 0.29) is 10.3 Å². The molecular formula is C12H18O5S2.